The van der Waals surface area contributed by atoms with Crippen molar-refractivity contribution in [3.05, 3.63) is 53.6 Å². The number of amides is 1. The van der Waals surface area contributed by atoms with Gasteiger partial charge >= 0.3 is 0 Å². The van der Waals surface area contributed by atoms with Gasteiger partial charge in [0.25, 0.3) is 11.1 Å². The van der Waals surface area contributed by atoms with E-state index >= 15 is 0 Å². The molecule has 130 valence electrons. The third-order valence-electron chi connectivity index (χ3n) is 3.45. The number of nitrogens with one attached hydrogen (secondary N) is 1. The van der Waals surface area contributed by atoms with Gasteiger partial charge < -0.3 is 0 Å². The number of rotatable bonds is 4. The predicted molar refractivity (Wildman–Crippen MR) is 99.2 cm³/mol. The highest BCUT2D eigenvalue weighted by Gasteiger charge is 2.17. The summed E-state index contributed by atoms with van der Waals surface area (Å²) in [6.07, 6.45) is 2.46. The van der Waals surface area contributed by atoms with Crippen molar-refractivity contribution >= 4 is 49.3 Å². The number of fused-ring (bicyclic) bond motifs is 1. The topological polar surface area (TPSA) is 113 Å². The normalized spacial score (nSPS) is 11.9. The molecule has 26 heavy (non-hydrogen) atoms. The molecule has 1 amide bonds. The molecule has 0 unspecified atom stereocenters. The maximum atomic E-state index is 12.3. The zero-order valence-corrected chi connectivity index (χ0v) is 15.1. The minimum atomic E-state index is -3.56. The predicted octanol–water partition coefficient (Wildman–Crippen LogP) is 2.64. The number of hydrogen-bond donors (Lipinski definition) is 1. The Kier molecular flexibility index (Phi) is 4.79. The van der Waals surface area contributed by atoms with Crippen LogP contribution < -0.4 is 5.32 Å². The van der Waals surface area contributed by atoms with Gasteiger partial charge in [-0.2, -0.15) is 14.6 Å². The highest BCUT2D eigenvalue weighted by molar-refractivity contribution is 7.90. The molecule has 0 aliphatic heterocycles. The molecule has 0 bridgehead atoms. The summed E-state index contributed by atoms with van der Waals surface area (Å²) < 4.78 is 26.5. The van der Waals surface area contributed by atoms with Gasteiger partial charge in [0.2, 0.25) is 15.0 Å². The summed E-state index contributed by atoms with van der Waals surface area (Å²) in [5, 5.41) is 13.3. The third kappa shape index (κ3) is 3.77. The van der Waals surface area contributed by atoms with E-state index in [2.05, 4.69) is 14.7 Å². The summed E-state index contributed by atoms with van der Waals surface area (Å²) in [7, 11) is -3.56. The molecule has 0 spiro atoms. The molecule has 0 aliphatic carbocycles. The Hall–Kier alpha value is -3.09. The quantitative estimate of drug-likeness (QED) is 0.546. The Balaban J connectivity index is 1.91. The first-order chi connectivity index (χ1) is 12.4. The summed E-state index contributed by atoms with van der Waals surface area (Å²) in [6.45, 7) is 0. The van der Waals surface area contributed by atoms with E-state index in [1.165, 1.54) is 6.08 Å². The number of aromatic nitrogens is 2. The first-order valence-corrected chi connectivity index (χ1v) is 9.99. The number of benzene rings is 2. The van der Waals surface area contributed by atoms with E-state index < -0.39 is 15.7 Å². The lowest BCUT2D eigenvalue weighted by molar-refractivity contribution is -0.112. The summed E-state index contributed by atoms with van der Waals surface area (Å²) >= 11 is 0.733. The minimum absolute atomic E-state index is 0.00879. The first-order valence-electron chi connectivity index (χ1n) is 7.33. The van der Waals surface area contributed by atoms with Crippen molar-refractivity contribution in [2.45, 2.75) is 5.16 Å². The molecule has 3 rings (SSSR count). The minimum Gasteiger partial charge on any atom is -0.296 e. The van der Waals surface area contributed by atoms with E-state index in [4.69, 9.17) is 0 Å². The molecule has 2 aromatic carbocycles. The van der Waals surface area contributed by atoms with E-state index in [1.807, 2.05) is 42.5 Å². The van der Waals surface area contributed by atoms with Crippen LogP contribution in [-0.4, -0.2) is 29.9 Å². The Labute approximate surface area is 153 Å². The number of carbonyl (C=O) groups excluding carboxylic acids is 1. The number of nitrogens with zero attached hydrogens (tertiary/aromatic N) is 3. The lowest BCUT2D eigenvalue weighted by Crippen LogP contribution is -2.13. The molecule has 0 saturated carbocycles. The molecule has 9 heteroatoms. The van der Waals surface area contributed by atoms with Crippen molar-refractivity contribution in [2.75, 3.05) is 11.6 Å². The molecule has 3 aromatic rings. The van der Waals surface area contributed by atoms with Gasteiger partial charge in [0.05, 0.1) is 0 Å². The van der Waals surface area contributed by atoms with Crippen LogP contribution in [0.5, 0.6) is 0 Å². The van der Waals surface area contributed by atoms with Crippen molar-refractivity contribution in [2.24, 2.45) is 0 Å². The van der Waals surface area contributed by atoms with Gasteiger partial charge in [-0.1, -0.05) is 42.5 Å². The van der Waals surface area contributed by atoms with Crippen LogP contribution in [0.15, 0.2) is 53.2 Å². The van der Waals surface area contributed by atoms with Crippen molar-refractivity contribution in [1.29, 1.82) is 5.26 Å². The van der Waals surface area contributed by atoms with Crippen LogP contribution in [0.3, 0.4) is 0 Å². The zero-order chi connectivity index (χ0) is 18.7. The SMILES string of the molecule is CS(=O)(=O)c1nsc(NC(=O)/C(C#N)=C\c2cccc3ccccc23)n1. The van der Waals surface area contributed by atoms with Crippen molar-refractivity contribution in [3.8, 4) is 6.07 Å². The Morgan fingerprint density at radius 2 is 1.96 bits per heavy atom. The molecule has 0 radical (unpaired) electrons. The number of carbonyl (C=O) groups is 1. The van der Waals surface area contributed by atoms with Gasteiger partial charge in [-0.15, -0.1) is 0 Å². The fourth-order valence-corrected chi connectivity index (χ4v) is 3.70. The summed E-state index contributed by atoms with van der Waals surface area (Å²) in [6, 6.07) is 15.1. The van der Waals surface area contributed by atoms with Crippen LogP contribution in [0.2, 0.25) is 0 Å². The highest BCUT2D eigenvalue weighted by atomic mass is 32.2. The fourth-order valence-electron chi connectivity index (χ4n) is 2.26. The van der Waals surface area contributed by atoms with Crippen molar-refractivity contribution in [1.82, 2.24) is 9.36 Å². The maximum absolute atomic E-state index is 12.3. The van der Waals surface area contributed by atoms with Gasteiger partial charge in [0.1, 0.15) is 11.6 Å². The molecule has 1 aromatic heterocycles. The fraction of sp³-hybridized carbons (Fsp3) is 0.0588. The third-order valence-corrected chi connectivity index (χ3v) is 5.04. The molecule has 1 heterocycles. The van der Waals surface area contributed by atoms with Gasteiger partial charge in [-0.25, -0.2) is 8.42 Å². The Morgan fingerprint density at radius 3 is 2.65 bits per heavy atom. The van der Waals surface area contributed by atoms with Crippen molar-refractivity contribution in [3.63, 3.8) is 0 Å². The number of hydrogen-bond acceptors (Lipinski definition) is 7. The molecular formula is C17H12N4O3S2. The average molecular weight is 384 g/mol. The number of sulfone groups is 1. The van der Waals surface area contributed by atoms with Crippen LogP contribution in [0, 0.1) is 11.3 Å². The second-order valence-electron chi connectivity index (χ2n) is 5.35. The molecule has 0 atom stereocenters. The lowest BCUT2D eigenvalue weighted by Gasteiger charge is -2.03. The van der Waals surface area contributed by atoms with Crippen LogP contribution in [0.1, 0.15) is 5.56 Å². The van der Waals surface area contributed by atoms with Gasteiger partial charge in [0.15, 0.2) is 0 Å². The van der Waals surface area contributed by atoms with E-state index in [0.717, 1.165) is 34.1 Å². The largest absolute Gasteiger partial charge is 0.296 e. The zero-order valence-electron chi connectivity index (χ0n) is 13.5. The van der Waals surface area contributed by atoms with Crippen LogP contribution >= 0.6 is 11.5 Å². The molecule has 0 fully saturated rings. The Morgan fingerprint density at radius 1 is 1.23 bits per heavy atom. The maximum Gasteiger partial charge on any atom is 0.268 e. The monoisotopic (exact) mass is 384 g/mol. The molecule has 1 N–H and O–H groups in total. The van der Waals surface area contributed by atoms with E-state index in [9.17, 15) is 18.5 Å². The smallest absolute Gasteiger partial charge is 0.268 e. The molecular weight excluding hydrogens is 372 g/mol. The van der Waals surface area contributed by atoms with Gasteiger partial charge in [-0.3, -0.25) is 10.1 Å². The second-order valence-corrected chi connectivity index (χ2v) is 8.01. The van der Waals surface area contributed by atoms with E-state index in [0.29, 0.717) is 0 Å². The van der Waals surface area contributed by atoms with Crippen LogP contribution in [0.4, 0.5) is 5.13 Å². The summed E-state index contributed by atoms with van der Waals surface area (Å²) in [5.41, 5.74) is 0.598. The molecule has 0 saturated heterocycles. The van der Waals surface area contributed by atoms with Gasteiger partial charge in [0, 0.05) is 17.8 Å². The standard InChI is InChI=1S/C17H12N4O3S2/c1-26(23,24)17-20-16(25-21-17)19-15(22)13(10-18)9-12-7-4-6-11-5-2-3-8-14(11)12/h2-9H,1H3,(H,19,20,21,22)/b13-9-. The van der Waals surface area contributed by atoms with Crippen LogP contribution in [0.25, 0.3) is 16.8 Å². The van der Waals surface area contributed by atoms with Crippen molar-refractivity contribution < 1.29 is 13.2 Å². The van der Waals surface area contributed by atoms with Crippen LogP contribution in [-0.2, 0) is 14.6 Å². The number of nitriles is 1. The van der Waals surface area contributed by atoms with E-state index in [1.54, 1.807) is 6.07 Å². The molecule has 0 aliphatic rings. The Bertz CT molecular complexity index is 1170. The van der Waals surface area contributed by atoms with E-state index in [-0.39, 0.29) is 15.9 Å². The molecule has 7 nitrogen and oxygen atoms in total. The first kappa shape index (κ1) is 17.7. The lowest BCUT2D eigenvalue weighted by atomic mass is 10.0. The summed E-state index contributed by atoms with van der Waals surface area (Å²) in [4.78, 5) is 16.1. The second kappa shape index (κ2) is 7.03. The highest BCUT2D eigenvalue weighted by Crippen LogP contribution is 2.21. The number of anilines is 1. The summed E-state index contributed by atoms with van der Waals surface area (Å²) in [5.74, 6) is -0.684. The van der Waals surface area contributed by atoms with Gasteiger partial charge in [-0.05, 0) is 22.4 Å². The average Bonchev–Trinajstić information content (AvgIpc) is 3.08.